The van der Waals surface area contributed by atoms with Crippen LogP contribution in [-0.2, 0) is 4.79 Å². The van der Waals surface area contributed by atoms with Gasteiger partial charge in [-0.05, 0) is 6.42 Å². The fourth-order valence-electron chi connectivity index (χ4n) is 0.987. The van der Waals surface area contributed by atoms with Crippen molar-refractivity contribution in [3.05, 3.63) is 24.8 Å². The van der Waals surface area contributed by atoms with Gasteiger partial charge in [-0.2, -0.15) is 0 Å². The first kappa shape index (κ1) is 11.9. The molecule has 3 heteroatoms. The molecule has 74 valence electrons. The summed E-state index contributed by atoms with van der Waals surface area (Å²) in [6.45, 7) is 10.7. The van der Waals surface area contributed by atoms with E-state index in [9.17, 15) is 4.79 Å². The smallest absolute Gasteiger partial charge is 0.317 e. The molecule has 1 N–H and O–H groups in total. The number of carbonyl (C=O) groups is 1. The second kappa shape index (κ2) is 6.43. The molecule has 0 radical (unpaired) electrons. The topological polar surface area (TPSA) is 40.5 Å². The number of aliphatic carboxylic acids is 1. The average molecular weight is 183 g/mol. The molecule has 0 unspecified atom stereocenters. The van der Waals surface area contributed by atoms with Crippen molar-refractivity contribution in [1.29, 1.82) is 0 Å². The Balaban J connectivity index is 4.00. The lowest BCUT2D eigenvalue weighted by atomic mass is 10.2. The van der Waals surface area contributed by atoms with Crippen LogP contribution < -0.4 is 0 Å². The van der Waals surface area contributed by atoms with E-state index in [0.717, 1.165) is 12.0 Å². The number of nitrogens with zero attached hydrogens (tertiary/aromatic N) is 1. The van der Waals surface area contributed by atoms with Crippen LogP contribution in [0.5, 0.6) is 0 Å². The van der Waals surface area contributed by atoms with Gasteiger partial charge >= 0.3 is 5.97 Å². The number of carboxylic acid groups (broad SMARTS) is 1. The Hall–Kier alpha value is -1.09. The van der Waals surface area contributed by atoms with Crippen LogP contribution in [0.25, 0.3) is 0 Å². The van der Waals surface area contributed by atoms with Crippen molar-refractivity contribution in [2.45, 2.75) is 13.3 Å². The molecule has 0 aromatic rings. The molecule has 0 aromatic heterocycles. The lowest BCUT2D eigenvalue weighted by Gasteiger charge is -2.18. The van der Waals surface area contributed by atoms with Crippen LogP contribution in [0.1, 0.15) is 13.3 Å². The summed E-state index contributed by atoms with van der Waals surface area (Å²) < 4.78 is 0. The fraction of sp³-hybridized carbons (Fsp3) is 0.500. The summed E-state index contributed by atoms with van der Waals surface area (Å²) in [5.41, 5.74) is 1.04. The van der Waals surface area contributed by atoms with Crippen LogP contribution in [0, 0.1) is 0 Å². The molecule has 0 saturated carbocycles. The summed E-state index contributed by atoms with van der Waals surface area (Å²) in [6, 6.07) is 0. The molecule has 0 fully saturated rings. The molecule has 0 bridgehead atoms. The maximum Gasteiger partial charge on any atom is 0.317 e. The van der Waals surface area contributed by atoms with E-state index < -0.39 is 5.97 Å². The molecule has 0 saturated heterocycles. The maximum absolute atomic E-state index is 10.4. The van der Waals surface area contributed by atoms with E-state index in [1.165, 1.54) is 0 Å². The lowest BCUT2D eigenvalue weighted by Crippen LogP contribution is -2.31. The highest BCUT2D eigenvalue weighted by Crippen LogP contribution is 2.00. The first-order chi connectivity index (χ1) is 6.10. The summed E-state index contributed by atoms with van der Waals surface area (Å²) in [5.74, 6) is -0.814. The van der Waals surface area contributed by atoms with E-state index in [1.54, 1.807) is 11.0 Å². The van der Waals surface area contributed by atoms with Gasteiger partial charge in [0.05, 0.1) is 6.54 Å². The largest absolute Gasteiger partial charge is 0.480 e. The van der Waals surface area contributed by atoms with Gasteiger partial charge < -0.3 is 5.11 Å². The van der Waals surface area contributed by atoms with Crippen molar-refractivity contribution in [3.8, 4) is 0 Å². The summed E-state index contributed by atoms with van der Waals surface area (Å²) >= 11 is 0. The zero-order valence-electron chi connectivity index (χ0n) is 8.12. The van der Waals surface area contributed by atoms with Crippen molar-refractivity contribution in [2.75, 3.05) is 19.6 Å². The van der Waals surface area contributed by atoms with Gasteiger partial charge in [0.2, 0.25) is 0 Å². The van der Waals surface area contributed by atoms with Crippen molar-refractivity contribution in [3.63, 3.8) is 0 Å². The SMILES string of the molecule is C=CCN(CC(=C)CC)CC(=O)O. The van der Waals surface area contributed by atoms with Gasteiger partial charge in [0.15, 0.2) is 0 Å². The molecular weight excluding hydrogens is 166 g/mol. The highest BCUT2D eigenvalue weighted by atomic mass is 16.4. The Morgan fingerprint density at radius 2 is 2.15 bits per heavy atom. The van der Waals surface area contributed by atoms with Crippen molar-refractivity contribution < 1.29 is 9.90 Å². The van der Waals surface area contributed by atoms with E-state index in [-0.39, 0.29) is 6.54 Å². The van der Waals surface area contributed by atoms with Crippen molar-refractivity contribution in [1.82, 2.24) is 4.90 Å². The average Bonchev–Trinajstić information content (AvgIpc) is 2.03. The number of rotatable bonds is 7. The summed E-state index contributed by atoms with van der Waals surface area (Å²) in [6.07, 6.45) is 2.58. The van der Waals surface area contributed by atoms with Crippen molar-refractivity contribution in [2.24, 2.45) is 0 Å². The van der Waals surface area contributed by atoms with E-state index in [4.69, 9.17) is 5.11 Å². The third-order valence-electron chi connectivity index (χ3n) is 1.69. The Morgan fingerprint density at radius 1 is 1.54 bits per heavy atom. The van der Waals surface area contributed by atoms with Gasteiger partial charge in [-0.15, -0.1) is 6.58 Å². The van der Waals surface area contributed by atoms with Crippen LogP contribution in [0.15, 0.2) is 24.8 Å². The number of carboxylic acids is 1. The second-order valence-electron chi connectivity index (χ2n) is 2.96. The second-order valence-corrected chi connectivity index (χ2v) is 2.96. The molecule has 0 atom stereocenters. The Bertz CT molecular complexity index is 199. The molecule has 0 spiro atoms. The van der Waals surface area contributed by atoms with E-state index in [0.29, 0.717) is 13.1 Å². The van der Waals surface area contributed by atoms with E-state index in [2.05, 4.69) is 13.2 Å². The minimum Gasteiger partial charge on any atom is -0.480 e. The van der Waals surface area contributed by atoms with Gasteiger partial charge in [0, 0.05) is 13.1 Å². The predicted octanol–water partition coefficient (Wildman–Crippen LogP) is 1.53. The molecule has 3 nitrogen and oxygen atoms in total. The Morgan fingerprint density at radius 3 is 2.54 bits per heavy atom. The predicted molar refractivity (Wildman–Crippen MR) is 53.7 cm³/mol. The monoisotopic (exact) mass is 183 g/mol. The lowest BCUT2D eigenvalue weighted by molar-refractivity contribution is -0.138. The molecule has 0 amide bonds. The highest BCUT2D eigenvalue weighted by Gasteiger charge is 2.07. The minimum atomic E-state index is -0.814. The van der Waals surface area contributed by atoms with Gasteiger partial charge in [-0.25, -0.2) is 0 Å². The van der Waals surface area contributed by atoms with Crippen LogP contribution in [0.2, 0.25) is 0 Å². The van der Waals surface area contributed by atoms with Crippen LogP contribution >= 0.6 is 0 Å². The summed E-state index contributed by atoms with van der Waals surface area (Å²) in [7, 11) is 0. The van der Waals surface area contributed by atoms with Gasteiger partial charge in [0.1, 0.15) is 0 Å². The first-order valence-electron chi connectivity index (χ1n) is 4.31. The summed E-state index contributed by atoms with van der Waals surface area (Å²) in [5, 5.41) is 8.59. The minimum absolute atomic E-state index is 0.0467. The molecule has 0 aliphatic carbocycles. The first-order valence-corrected chi connectivity index (χ1v) is 4.31. The molecule has 13 heavy (non-hydrogen) atoms. The molecular formula is C10H17NO2. The third kappa shape index (κ3) is 6.11. The third-order valence-corrected chi connectivity index (χ3v) is 1.69. The van der Waals surface area contributed by atoms with Crippen LogP contribution in [0.4, 0.5) is 0 Å². The molecule has 0 heterocycles. The van der Waals surface area contributed by atoms with Crippen molar-refractivity contribution >= 4 is 5.97 Å². The van der Waals surface area contributed by atoms with Gasteiger partial charge in [-0.3, -0.25) is 9.69 Å². The fourth-order valence-corrected chi connectivity index (χ4v) is 0.987. The molecule has 0 aromatic carbocycles. The number of hydrogen-bond donors (Lipinski definition) is 1. The van der Waals surface area contributed by atoms with E-state index in [1.807, 2.05) is 6.92 Å². The van der Waals surface area contributed by atoms with Crippen LogP contribution in [-0.4, -0.2) is 35.6 Å². The van der Waals surface area contributed by atoms with Gasteiger partial charge in [0.25, 0.3) is 0 Å². The Labute approximate surface area is 79.4 Å². The molecule has 0 aliphatic heterocycles. The highest BCUT2D eigenvalue weighted by molar-refractivity contribution is 5.69. The zero-order valence-corrected chi connectivity index (χ0v) is 8.12. The normalized spacial score (nSPS) is 10.0. The zero-order chi connectivity index (χ0) is 10.3. The van der Waals surface area contributed by atoms with Gasteiger partial charge in [-0.1, -0.05) is 25.2 Å². The quantitative estimate of drug-likeness (QED) is 0.608. The molecule has 0 aliphatic rings. The maximum atomic E-state index is 10.4. The molecule has 0 rings (SSSR count). The number of hydrogen-bond acceptors (Lipinski definition) is 2. The Kier molecular flexibility index (Phi) is 5.89. The van der Waals surface area contributed by atoms with Crippen LogP contribution in [0.3, 0.4) is 0 Å². The summed E-state index contributed by atoms with van der Waals surface area (Å²) in [4.78, 5) is 12.2. The standard InChI is InChI=1S/C10H17NO2/c1-4-6-11(8-10(12)13)7-9(3)5-2/h4H,1,3,5-8H2,2H3,(H,12,13). The van der Waals surface area contributed by atoms with E-state index >= 15 is 0 Å².